The molecular weight excluding hydrogens is 356 g/mol. The van der Waals surface area contributed by atoms with E-state index >= 15 is 0 Å². The lowest BCUT2D eigenvalue weighted by Crippen LogP contribution is -2.37. The predicted octanol–water partition coefficient (Wildman–Crippen LogP) is 3.35. The van der Waals surface area contributed by atoms with E-state index in [-0.39, 0.29) is 18.4 Å². The van der Waals surface area contributed by atoms with Crippen molar-refractivity contribution >= 4 is 28.9 Å². The molecule has 28 heavy (non-hydrogen) atoms. The molecule has 148 valence electrons. The van der Waals surface area contributed by atoms with Crippen molar-refractivity contribution in [2.24, 2.45) is 0 Å². The highest BCUT2D eigenvalue weighted by molar-refractivity contribution is 6.07. The summed E-state index contributed by atoms with van der Waals surface area (Å²) in [6, 6.07) is 11.2. The Morgan fingerprint density at radius 2 is 2.00 bits per heavy atom. The summed E-state index contributed by atoms with van der Waals surface area (Å²) in [6.07, 6.45) is 0.985. The van der Waals surface area contributed by atoms with Crippen LogP contribution in [0.5, 0.6) is 0 Å². The lowest BCUT2D eigenvalue weighted by atomic mass is 10.0. The molecule has 7 heteroatoms. The second-order valence-corrected chi connectivity index (χ2v) is 6.80. The molecule has 1 aromatic heterocycles. The van der Waals surface area contributed by atoms with Crippen molar-refractivity contribution in [1.29, 1.82) is 5.41 Å². The SMILES string of the molecule is CCOC(=O)c1cc(N2CCC(O)CC2)c(C(C)=N)c(Nc2ccccc2)n1. The van der Waals surface area contributed by atoms with Crippen molar-refractivity contribution in [2.45, 2.75) is 32.8 Å². The van der Waals surface area contributed by atoms with Gasteiger partial charge in [0.15, 0.2) is 5.69 Å². The van der Waals surface area contributed by atoms with E-state index in [0.717, 1.165) is 11.4 Å². The van der Waals surface area contributed by atoms with Gasteiger partial charge in [0, 0.05) is 24.5 Å². The van der Waals surface area contributed by atoms with Crippen LogP contribution < -0.4 is 10.2 Å². The van der Waals surface area contributed by atoms with Crippen LogP contribution in [0.3, 0.4) is 0 Å². The third-order valence-electron chi connectivity index (χ3n) is 4.70. The average Bonchev–Trinajstić information content (AvgIpc) is 2.68. The summed E-state index contributed by atoms with van der Waals surface area (Å²) >= 11 is 0. The summed E-state index contributed by atoms with van der Waals surface area (Å²) < 4.78 is 5.15. The van der Waals surface area contributed by atoms with Gasteiger partial charge in [0.25, 0.3) is 0 Å². The number of ether oxygens (including phenoxy) is 1. The number of aromatic nitrogens is 1. The lowest BCUT2D eigenvalue weighted by molar-refractivity contribution is 0.0519. The summed E-state index contributed by atoms with van der Waals surface area (Å²) in [5, 5.41) is 21.4. The van der Waals surface area contributed by atoms with Crippen LogP contribution in [0.15, 0.2) is 36.4 Å². The van der Waals surface area contributed by atoms with Crippen molar-refractivity contribution < 1.29 is 14.6 Å². The number of pyridine rings is 1. The highest BCUT2D eigenvalue weighted by Gasteiger charge is 2.25. The Morgan fingerprint density at radius 3 is 2.61 bits per heavy atom. The average molecular weight is 382 g/mol. The molecule has 3 rings (SSSR count). The monoisotopic (exact) mass is 382 g/mol. The number of anilines is 3. The van der Waals surface area contributed by atoms with Crippen LogP contribution in [-0.2, 0) is 4.74 Å². The minimum atomic E-state index is -0.494. The summed E-state index contributed by atoms with van der Waals surface area (Å²) in [4.78, 5) is 19.0. The van der Waals surface area contributed by atoms with Crippen molar-refractivity contribution in [1.82, 2.24) is 4.98 Å². The van der Waals surface area contributed by atoms with Gasteiger partial charge in [-0.25, -0.2) is 9.78 Å². The standard InChI is InChI=1S/C21H26N4O3/c1-3-28-21(27)17-13-18(25-11-9-16(26)10-12-25)19(14(2)22)20(24-17)23-15-7-5-4-6-8-15/h4-8,13,16,22,26H,3,9-12H2,1-2H3,(H,23,24). The number of aliphatic hydroxyl groups is 1. The van der Waals surface area contributed by atoms with Gasteiger partial charge in [-0.15, -0.1) is 0 Å². The fourth-order valence-corrected chi connectivity index (χ4v) is 3.32. The Balaban J connectivity index is 2.09. The van der Waals surface area contributed by atoms with Crippen molar-refractivity contribution in [3.8, 4) is 0 Å². The third-order valence-corrected chi connectivity index (χ3v) is 4.70. The van der Waals surface area contributed by atoms with Crippen molar-refractivity contribution in [3.05, 3.63) is 47.7 Å². The largest absolute Gasteiger partial charge is 0.461 e. The Hall–Kier alpha value is -2.93. The molecule has 1 aliphatic rings. The van der Waals surface area contributed by atoms with Crippen LogP contribution in [0, 0.1) is 5.41 Å². The zero-order valence-corrected chi connectivity index (χ0v) is 16.2. The fraction of sp³-hybridized carbons (Fsp3) is 0.381. The second kappa shape index (κ2) is 8.84. The molecule has 0 spiro atoms. The number of carbonyl (C=O) groups excluding carboxylic acids is 1. The van der Waals surface area contributed by atoms with Crippen LogP contribution in [-0.4, -0.2) is 47.6 Å². The molecular formula is C21H26N4O3. The maximum absolute atomic E-state index is 12.4. The number of hydrogen-bond donors (Lipinski definition) is 3. The van der Waals surface area contributed by atoms with E-state index in [0.29, 0.717) is 43.0 Å². The number of nitrogens with one attached hydrogen (secondary N) is 2. The van der Waals surface area contributed by atoms with Gasteiger partial charge < -0.3 is 25.5 Å². The summed E-state index contributed by atoms with van der Waals surface area (Å²) in [5.41, 5.74) is 2.77. The van der Waals surface area contributed by atoms with Gasteiger partial charge in [-0.05, 0) is 44.9 Å². The molecule has 1 aliphatic heterocycles. The van der Waals surface area contributed by atoms with E-state index in [1.165, 1.54) is 0 Å². The number of rotatable bonds is 6. The maximum atomic E-state index is 12.4. The summed E-state index contributed by atoms with van der Waals surface area (Å²) in [6.45, 7) is 5.03. The van der Waals surface area contributed by atoms with Crippen LogP contribution in [0.25, 0.3) is 0 Å². The van der Waals surface area contributed by atoms with E-state index in [2.05, 4.69) is 15.2 Å². The minimum absolute atomic E-state index is 0.200. The zero-order valence-electron chi connectivity index (χ0n) is 16.2. The highest BCUT2D eigenvalue weighted by Crippen LogP contribution is 2.32. The molecule has 3 N–H and O–H groups in total. The number of hydrogen-bond acceptors (Lipinski definition) is 7. The van der Waals surface area contributed by atoms with Gasteiger partial charge in [0.1, 0.15) is 5.82 Å². The quantitative estimate of drug-likeness (QED) is 0.523. The van der Waals surface area contributed by atoms with Crippen molar-refractivity contribution in [2.75, 3.05) is 29.9 Å². The Kier molecular flexibility index (Phi) is 6.26. The molecule has 0 saturated carbocycles. The molecule has 0 unspecified atom stereocenters. The molecule has 2 heterocycles. The first-order valence-electron chi connectivity index (χ1n) is 9.52. The molecule has 0 bridgehead atoms. The highest BCUT2D eigenvalue weighted by atomic mass is 16.5. The molecule has 0 radical (unpaired) electrons. The Labute approximate surface area is 164 Å². The van der Waals surface area contributed by atoms with Gasteiger partial charge in [0.05, 0.1) is 24.0 Å². The van der Waals surface area contributed by atoms with E-state index in [4.69, 9.17) is 10.1 Å². The first kappa shape index (κ1) is 19.8. The van der Waals surface area contributed by atoms with E-state index in [9.17, 15) is 9.90 Å². The number of esters is 1. The number of piperidine rings is 1. The summed E-state index contributed by atoms with van der Waals surface area (Å²) in [7, 11) is 0. The van der Waals surface area contributed by atoms with Gasteiger partial charge in [-0.2, -0.15) is 0 Å². The Bertz CT molecular complexity index is 846. The smallest absolute Gasteiger partial charge is 0.357 e. The number of nitrogens with zero attached hydrogens (tertiary/aromatic N) is 2. The molecule has 2 aromatic rings. The molecule has 0 atom stereocenters. The van der Waals surface area contributed by atoms with E-state index in [1.807, 2.05) is 30.3 Å². The van der Waals surface area contributed by atoms with Crippen molar-refractivity contribution in [3.63, 3.8) is 0 Å². The predicted molar refractivity (Wildman–Crippen MR) is 110 cm³/mol. The minimum Gasteiger partial charge on any atom is -0.461 e. The normalized spacial score (nSPS) is 14.6. The molecule has 0 aliphatic carbocycles. The molecule has 1 aromatic carbocycles. The lowest BCUT2D eigenvalue weighted by Gasteiger charge is -2.33. The maximum Gasteiger partial charge on any atom is 0.357 e. The first-order chi connectivity index (χ1) is 13.5. The topological polar surface area (TPSA) is 98.5 Å². The number of benzene rings is 1. The fourth-order valence-electron chi connectivity index (χ4n) is 3.32. The van der Waals surface area contributed by atoms with Crippen LogP contribution in [0.4, 0.5) is 17.2 Å². The van der Waals surface area contributed by atoms with Crippen LogP contribution >= 0.6 is 0 Å². The van der Waals surface area contributed by atoms with Gasteiger partial charge in [-0.1, -0.05) is 18.2 Å². The number of aliphatic hydroxyl groups excluding tert-OH is 1. The first-order valence-corrected chi connectivity index (χ1v) is 9.52. The molecule has 7 nitrogen and oxygen atoms in total. The van der Waals surface area contributed by atoms with Gasteiger partial charge in [0.2, 0.25) is 0 Å². The van der Waals surface area contributed by atoms with Gasteiger partial charge in [-0.3, -0.25) is 0 Å². The zero-order chi connectivity index (χ0) is 20.1. The third kappa shape index (κ3) is 4.48. The van der Waals surface area contributed by atoms with E-state index in [1.54, 1.807) is 19.9 Å². The van der Waals surface area contributed by atoms with Crippen LogP contribution in [0.2, 0.25) is 0 Å². The molecule has 0 amide bonds. The number of carbonyl (C=O) groups is 1. The number of para-hydroxylation sites is 1. The van der Waals surface area contributed by atoms with Gasteiger partial charge >= 0.3 is 5.97 Å². The summed E-state index contributed by atoms with van der Waals surface area (Å²) in [5.74, 6) is -0.0449. The second-order valence-electron chi connectivity index (χ2n) is 6.80. The van der Waals surface area contributed by atoms with Crippen LogP contribution in [0.1, 0.15) is 42.7 Å². The molecule has 1 fully saturated rings. The Morgan fingerprint density at radius 1 is 1.32 bits per heavy atom. The molecule has 1 saturated heterocycles. The van der Waals surface area contributed by atoms with E-state index < -0.39 is 5.97 Å².